The molecule has 2 N–H and O–H groups in total. The summed E-state index contributed by atoms with van der Waals surface area (Å²) in [6, 6.07) is 10.2. The minimum atomic E-state index is -0.557. The van der Waals surface area contributed by atoms with Crippen LogP contribution in [0.1, 0.15) is 32.3 Å². The molecule has 1 aromatic rings. The van der Waals surface area contributed by atoms with Gasteiger partial charge in [-0.15, -0.1) is 0 Å². The van der Waals surface area contributed by atoms with Gasteiger partial charge in [0.25, 0.3) is 0 Å². The van der Waals surface area contributed by atoms with Crippen molar-refractivity contribution < 1.29 is 9.59 Å². The highest BCUT2D eigenvalue weighted by molar-refractivity contribution is 6.35. The summed E-state index contributed by atoms with van der Waals surface area (Å²) in [5, 5.41) is 5.18. The number of benzene rings is 1. The van der Waals surface area contributed by atoms with Crippen LogP contribution in [0.2, 0.25) is 0 Å². The average Bonchev–Trinajstić information content (AvgIpc) is 2.38. The third-order valence-corrected chi connectivity index (χ3v) is 2.65. The van der Waals surface area contributed by atoms with Gasteiger partial charge in [0, 0.05) is 12.6 Å². The molecule has 0 heterocycles. The smallest absolute Gasteiger partial charge is 0.309 e. The van der Waals surface area contributed by atoms with E-state index in [-0.39, 0.29) is 6.04 Å². The zero-order valence-electron chi connectivity index (χ0n) is 11.6. The van der Waals surface area contributed by atoms with Gasteiger partial charge in [0.1, 0.15) is 0 Å². The Balaban J connectivity index is 2.11. The van der Waals surface area contributed by atoms with Gasteiger partial charge in [0.15, 0.2) is 0 Å². The molecule has 0 radical (unpaired) electrons. The van der Waals surface area contributed by atoms with Gasteiger partial charge < -0.3 is 10.6 Å². The van der Waals surface area contributed by atoms with Crippen LogP contribution in [0, 0.1) is 0 Å². The second-order valence-corrected chi connectivity index (χ2v) is 4.83. The molecule has 19 heavy (non-hydrogen) atoms. The maximum Gasteiger partial charge on any atom is 0.309 e. The highest BCUT2D eigenvalue weighted by Crippen LogP contribution is 2.03. The first kappa shape index (κ1) is 15.2. The molecule has 104 valence electrons. The van der Waals surface area contributed by atoms with E-state index in [2.05, 4.69) is 22.8 Å². The van der Waals surface area contributed by atoms with Gasteiger partial charge in [-0.05, 0) is 38.7 Å². The van der Waals surface area contributed by atoms with Gasteiger partial charge in [-0.2, -0.15) is 0 Å². The number of carbonyl (C=O) groups is 2. The van der Waals surface area contributed by atoms with Gasteiger partial charge in [0.2, 0.25) is 0 Å². The van der Waals surface area contributed by atoms with Crippen molar-refractivity contribution in [3.8, 4) is 0 Å². The van der Waals surface area contributed by atoms with Gasteiger partial charge >= 0.3 is 11.8 Å². The number of rotatable bonds is 6. The summed E-state index contributed by atoms with van der Waals surface area (Å²) >= 11 is 0. The monoisotopic (exact) mass is 262 g/mol. The molecule has 0 aliphatic rings. The van der Waals surface area contributed by atoms with E-state index in [1.807, 2.05) is 32.0 Å². The van der Waals surface area contributed by atoms with E-state index in [0.29, 0.717) is 6.54 Å². The predicted molar refractivity (Wildman–Crippen MR) is 75.7 cm³/mol. The van der Waals surface area contributed by atoms with E-state index in [9.17, 15) is 9.59 Å². The van der Waals surface area contributed by atoms with E-state index in [0.717, 1.165) is 19.3 Å². The SMILES string of the molecule is CC(C)NC(=O)C(=O)NCCCCc1ccccc1. The van der Waals surface area contributed by atoms with E-state index >= 15 is 0 Å². The maximum atomic E-state index is 11.4. The lowest BCUT2D eigenvalue weighted by molar-refractivity contribution is -0.139. The van der Waals surface area contributed by atoms with E-state index < -0.39 is 11.8 Å². The second kappa shape index (κ2) is 8.29. The normalized spacial score (nSPS) is 10.3. The van der Waals surface area contributed by atoms with Crippen molar-refractivity contribution in [2.24, 2.45) is 0 Å². The Bertz CT molecular complexity index is 402. The Morgan fingerprint density at radius 2 is 1.74 bits per heavy atom. The van der Waals surface area contributed by atoms with Gasteiger partial charge in [-0.25, -0.2) is 0 Å². The molecule has 4 nitrogen and oxygen atoms in total. The maximum absolute atomic E-state index is 11.4. The quantitative estimate of drug-likeness (QED) is 0.605. The van der Waals surface area contributed by atoms with E-state index in [1.165, 1.54) is 5.56 Å². The van der Waals surface area contributed by atoms with Crippen molar-refractivity contribution in [2.45, 2.75) is 39.2 Å². The number of carbonyl (C=O) groups excluding carboxylic acids is 2. The third-order valence-electron chi connectivity index (χ3n) is 2.65. The van der Waals surface area contributed by atoms with Crippen molar-refractivity contribution in [2.75, 3.05) is 6.54 Å². The van der Waals surface area contributed by atoms with Crippen LogP contribution in [0.25, 0.3) is 0 Å². The van der Waals surface area contributed by atoms with Crippen LogP contribution in [-0.2, 0) is 16.0 Å². The second-order valence-electron chi connectivity index (χ2n) is 4.83. The van der Waals surface area contributed by atoms with Crippen LogP contribution in [0.4, 0.5) is 0 Å². The molecule has 1 aromatic carbocycles. The average molecular weight is 262 g/mol. The fourth-order valence-electron chi connectivity index (χ4n) is 1.71. The highest BCUT2D eigenvalue weighted by atomic mass is 16.2. The first-order valence-electron chi connectivity index (χ1n) is 6.72. The molecule has 2 amide bonds. The molecular weight excluding hydrogens is 240 g/mol. The van der Waals surface area contributed by atoms with Crippen LogP contribution in [0.3, 0.4) is 0 Å². The van der Waals surface area contributed by atoms with Crippen molar-refractivity contribution in [3.05, 3.63) is 35.9 Å². The van der Waals surface area contributed by atoms with Crippen LogP contribution in [0.15, 0.2) is 30.3 Å². The van der Waals surface area contributed by atoms with Crippen LogP contribution < -0.4 is 10.6 Å². The summed E-state index contributed by atoms with van der Waals surface area (Å²) in [6.45, 7) is 4.19. The fourth-order valence-corrected chi connectivity index (χ4v) is 1.71. The molecule has 0 aromatic heterocycles. The fraction of sp³-hybridized carbons (Fsp3) is 0.467. The lowest BCUT2D eigenvalue weighted by Gasteiger charge is -2.08. The van der Waals surface area contributed by atoms with Crippen molar-refractivity contribution in [1.82, 2.24) is 10.6 Å². The number of aryl methyl sites for hydroxylation is 1. The summed E-state index contributed by atoms with van der Waals surface area (Å²) in [4.78, 5) is 22.7. The van der Waals surface area contributed by atoms with E-state index in [1.54, 1.807) is 0 Å². The van der Waals surface area contributed by atoms with Gasteiger partial charge in [-0.3, -0.25) is 9.59 Å². The molecule has 0 unspecified atom stereocenters. The summed E-state index contributed by atoms with van der Waals surface area (Å²) in [5.41, 5.74) is 1.30. The molecule has 0 aliphatic heterocycles. The van der Waals surface area contributed by atoms with Crippen LogP contribution >= 0.6 is 0 Å². The lowest BCUT2D eigenvalue weighted by atomic mass is 10.1. The predicted octanol–water partition coefficient (Wildman–Crippen LogP) is 1.65. The molecule has 0 fully saturated rings. The Kier molecular flexibility index (Phi) is 6.64. The first-order valence-corrected chi connectivity index (χ1v) is 6.72. The van der Waals surface area contributed by atoms with Crippen molar-refractivity contribution >= 4 is 11.8 Å². The lowest BCUT2D eigenvalue weighted by Crippen LogP contribution is -2.42. The van der Waals surface area contributed by atoms with Crippen LogP contribution in [-0.4, -0.2) is 24.4 Å². The Labute approximate surface area is 114 Å². The van der Waals surface area contributed by atoms with E-state index in [4.69, 9.17) is 0 Å². The molecule has 0 saturated heterocycles. The van der Waals surface area contributed by atoms with Crippen molar-refractivity contribution in [3.63, 3.8) is 0 Å². The molecule has 1 rings (SSSR count). The third kappa shape index (κ3) is 6.60. The summed E-state index contributed by atoms with van der Waals surface area (Å²) < 4.78 is 0. The molecule has 0 saturated carbocycles. The standard InChI is InChI=1S/C15H22N2O2/c1-12(2)17-15(19)14(18)16-11-7-6-10-13-8-4-3-5-9-13/h3-5,8-9,12H,6-7,10-11H2,1-2H3,(H,16,18)(H,17,19). The Morgan fingerprint density at radius 3 is 2.37 bits per heavy atom. The molecule has 0 atom stereocenters. The largest absolute Gasteiger partial charge is 0.348 e. The first-order chi connectivity index (χ1) is 9.09. The number of nitrogens with one attached hydrogen (secondary N) is 2. The highest BCUT2D eigenvalue weighted by Gasteiger charge is 2.12. The Hall–Kier alpha value is -1.84. The zero-order valence-corrected chi connectivity index (χ0v) is 11.6. The Morgan fingerprint density at radius 1 is 1.05 bits per heavy atom. The topological polar surface area (TPSA) is 58.2 Å². The molecule has 0 aliphatic carbocycles. The van der Waals surface area contributed by atoms with Gasteiger partial charge in [0.05, 0.1) is 0 Å². The molecule has 4 heteroatoms. The number of hydrogen-bond donors (Lipinski definition) is 2. The summed E-state index contributed by atoms with van der Waals surface area (Å²) in [6.07, 6.45) is 2.86. The van der Waals surface area contributed by atoms with Crippen molar-refractivity contribution in [1.29, 1.82) is 0 Å². The molecular formula is C15H22N2O2. The summed E-state index contributed by atoms with van der Waals surface area (Å²) in [5.74, 6) is -1.11. The minimum absolute atomic E-state index is 0.0173. The number of hydrogen-bond acceptors (Lipinski definition) is 2. The van der Waals surface area contributed by atoms with Gasteiger partial charge in [-0.1, -0.05) is 30.3 Å². The molecule has 0 spiro atoms. The number of amides is 2. The summed E-state index contributed by atoms with van der Waals surface area (Å²) in [7, 11) is 0. The minimum Gasteiger partial charge on any atom is -0.348 e. The number of unbranched alkanes of at least 4 members (excludes halogenated alkanes) is 1. The molecule has 0 bridgehead atoms. The van der Waals surface area contributed by atoms with Crippen LogP contribution in [0.5, 0.6) is 0 Å². The zero-order chi connectivity index (χ0) is 14.1.